The Hall–Kier alpha value is -1.00. The fraction of sp³-hybridized carbons (Fsp3) is 0.429. The number of hydrogen-bond donors (Lipinski definition) is 4. The molecule has 0 aliphatic carbocycles. The lowest BCUT2D eigenvalue weighted by Gasteiger charge is -2.07. The molecule has 4 heteroatoms. The minimum atomic E-state index is -0.161. The summed E-state index contributed by atoms with van der Waals surface area (Å²) in [4.78, 5) is 2.85. The highest BCUT2D eigenvalue weighted by molar-refractivity contribution is 5.46. The first-order valence-electron chi connectivity index (χ1n) is 3.54. The van der Waals surface area contributed by atoms with Gasteiger partial charge in [0.15, 0.2) is 0 Å². The van der Waals surface area contributed by atoms with E-state index in [0.717, 1.165) is 5.56 Å². The molecule has 1 atom stereocenters. The summed E-state index contributed by atoms with van der Waals surface area (Å²) < 4.78 is 0. The second kappa shape index (κ2) is 3.41. The van der Waals surface area contributed by atoms with E-state index in [2.05, 4.69) is 4.98 Å². The third-order valence-electron chi connectivity index (χ3n) is 1.65. The lowest BCUT2D eigenvalue weighted by Crippen LogP contribution is -2.12. The SMILES string of the molecule is Nc1c[nH]cc1[C@H](N)CCO. The Morgan fingerprint density at radius 2 is 2.27 bits per heavy atom. The monoisotopic (exact) mass is 155 g/mol. The van der Waals surface area contributed by atoms with Gasteiger partial charge in [-0.2, -0.15) is 0 Å². The molecule has 1 rings (SSSR count). The zero-order chi connectivity index (χ0) is 8.27. The smallest absolute Gasteiger partial charge is 0.0540 e. The number of nitrogens with one attached hydrogen (secondary N) is 1. The summed E-state index contributed by atoms with van der Waals surface area (Å²) in [6.45, 7) is 0.0891. The van der Waals surface area contributed by atoms with E-state index in [1.807, 2.05) is 0 Å². The van der Waals surface area contributed by atoms with Crippen molar-refractivity contribution in [2.45, 2.75) is 12.5 Å². The van der Waals surface area contributed by atoms with Gasteiger partial charge in [0.1, 0.15) is 0 Å². The number of nitrogen functional groups attached to an aromatic ring is 1. The average molecular weight is 155 g/mol. The van der Waals surface area contributed by atoms with E-state index in [4.69, 9.17) is 16.6 Å². The third kappa shape index (κ3) is 1.72. The molecule has 0 aromatic carbocycles. The van der Waals surface area contributed by atoms with Gasteiger partial charge in [0.2, 0.25) is 0 Å². The molecular weight excluding hydrogens is 142 g/mol. The van der Waals surface area contributed by atoms with E-state index >= 15 is 0 Å². The van der Waals surface area contributed by atoms with Gasteiger partial charge < -0.3 is 21.6 Å². The van der Waals surface area contributed by atoms with Gasteiger partial charge in [-0.15, -0.1) is 0 Å². The minimum absolute atomic E-state index is 0.0891. The molecule has 0 spiro atoms. The van der Waals surface area contributed by atoms with E-state index < -0.39 is 0 Å². The van der Waals surface area contributed by atoms with Gasteiger partial charge in [0.05, 0.1) is 5.69 Å². The van der Waals surface area contributed by atoms with E-state index in [1.165, 1.54) is 0 Å². The quantitative estimate of drug-likeness (QED) is 0.494. The Labute approximate surface area is 65.2 Å². The van der Waals surface area contributed by atoms with Gasteiger partial charge in [-0.1, -0.05) is 0 Å². The van der Waals surface area contributed by atoms with Gasteiger partial charge in [-0.05, 0) is 6.42 Å². The van der Waals surface area contributed by atoms with Gasteiger partial charge in [-0.3, -0.25) is 0 Å². The number of nitrogens with two attached hydrogens (primary N) is 2. The number of aliphatic hydroxyl groups is 1. The Bertz CT molecular complexity index is 221. The Morgan fingerprint density at radius 3 is 2.73 bits per heavy atom. The number of aliphatic hydroxyl groups excluding tert-OH is 1. The number of anilines is 1. The topological polar surface area (TPSA) is 88.1 Å². The maximum atomic E-state index is 8.60. The summed E-state index contributed by atoms with van der Waals surface area (Å²) in [5, 5.41) is 8.60. The molecule has 4 nitrogen and oxygen atoms in total. The van der Waals surface area contributed by atoms with Crippen LogP contribution in [0, 0.1) is 0 Å². The number of aromatic nitrogens is 1. The van der Waals surface area contributed by atoms with E-state index in [0.29, 0.717) is 12.1 Å². The zero-order valence-electron chi connectivity index (χ0n) is 6.25. The van der Waals surface area contributed by atoms with Crippen LogP contribution in [0.5, 0.6) is 0 Å². The molecule has 11 heavy (non-hydrogen) atoms. The van der Waals surface area contributed by atoms with Crippen LogP contribution in [-0.2, 0) is 0 Å². The third-order valence-corrected chi connectivity index (χ3v) is 1.65. The predicted octanol–water partition coefficient (Wildman–Crippen LogP) is -0.0209. The lowest BCUT2D eigenvalue weighted by atomic mass is 10.1. The van der Waals surface area contributed by atoms with Crippen LogP contribution in [0.4, 0.5) is 5.69 Å². The van der Waals surface area contributed by atoms with Gasteiger partial charge in [0, 0.05) is 30.6 Å². The van der Waals surface area contributed by atoms with E-state index in [-0.39, 0.29) is 12.6 Å². The molecule has 0 bridgehead atoms. The van der Waals surface area contributed by atoms with Crippen LogP contribution < -0.4 is 11.5 Å². The van der Waals surface area contributed by atoms with Crippen molar-refractivity contribution in [1.29, 1.82) is 0 Å². The summed E-state index contributed by atoms with van der Waals surface area (Å²) in [6, 6.07) is -0.161. The summed E-state index contributed by atoms with van der Waals surface area (Å²) in [6.07, 6.45) is 3.99. The fourth-order valence-electron chi connectivity index (χ4n) is 1.00. The minimum Gasteiger partial charge on any atom is -0.397 e. The number of H-pyrrole nitrogens is 1. The number of aromatic amines is 1. The van der Waals surface area contributed by atoms with Gasteiger partial charge in [0.25, 0.3) is 0 Å². The summed E-state index contributed by atoms with van der Waals surface area (Å²) in [5.74, 6) is 0. The highest BCUT2D eigenvalue weighted by atomic mass is 16.3. The molecule has 0 fully saturated rings. The summed E-state index contributed by atoms with van der Waals surface area (Å²) in [7, 11) is 0. The summed E-state index contributed by atoms with van der Waals surface area (Å²) in [5.41, 5.74) is 12.8. The maximum absolute atomic E-state index is 8.60. The van der Waals surface area contributed by atoms with Crippen molar-refractivity contribution in [2.24, 2.45) is 5.73 Å². The molecule has 1 aromatic rings. The van der Waals surface area contributed by atoms with Crippen molar-refractivity contribution in [2.75, 3.05) is 12.3 Å². The Kier molecular flexibility index (Phi) is 2.51. The van der Waals surface area contributed by atoms with Crippen LogP contribution in [0.25, 0.3) is 0 Å². The standard InChI is InChI=1S/C7H13N3O/c8-6(1-2-11)5-3-10-4-7(5)9/h3-4,6,10-11H,1-2,8-9H2/t6-/m1/s1. The van der Waals surface area contributed by atoms with Crippen LogP contribution in [-0.4, -0.2) is 16.7 Å². The van der Waals surface area contributed by atoms with E-state index in [9.17, 15) is 0 Å². The first kappa shape index (κ1) is 8.10. The molecule has 0 unspecified atom stereocenters. The lowest BCUT2D eigenvalue weighted by molar-refractivity contribution is 0.277. The average Bonchev–Trinajstić information content (AvgIpc) is 2.36. The highest BCUT2D eigenvalue weighted by Gasteiger charge is 2.08. The maximum Gasteiger partial charge on any atom is 0.0540 e. The van der Waals surface area contributed by atoms with Crippen molar-refractivity contribution in [3.63, 3.8) is 0 Å². The molecule has 0 amide bonds. The predicted molar refractivity (Wildman–Crippen MR) is 43.8 cm³/mol. The molecular formula is C7H13N3O. The van der Waals surface area contributed by atoms with Gasteiger partial charge >= 0.3 is 0 Å². The first-order valence-corrected chi connectivity index (χ1v) is 3.54. The van der Waals surface area contributed by atoms with Crippen LogP contribution in [0.3, 0.4) is 0 Å². The molecule has 0 saturated carbocycles. The largest absolute Gasteiger partial charge is 0.397 e. The van der Waals surface area contributed by atoms with Crippen molar-refractivity contribution >= 4 is 5.69 Å². The fourth-order valence-corrected chi connectivity index (χ4v) is 1.00. The molecule has 0 aliphatic heterocycles. The van der Waals surface area contributed by atoms with Crippen molar-refractivity contribution < 1.29 is 5.11 Å². The van der Waals surface area contributed by atoms with Gasteiger partial charge in [-0.25, -0.2) is 0 Å². The first-order chi connectivity index (χ1) is 5.25. The highest BCUT2D eigenvalue weighted by Crippen LogP contribution is 2.19. The van der Waals surface area contributed by atoms with Crippen molar-refractivity contribution in [3.8, 4) is 0 Å². The van der Waals surface area contributed by atoms with Crippen LogP contribution in [0.1, 0.15) is 18.0 Å². The molecule has 0 saturated heterocycles. The molecule has 6 N–H and O–H groups in total. The van der Waals surface area contributed by atoms with Crippen LogP contribution >= 0.6 is 0 Å². The Morgan fingerprint density at radius 1 is 1.55 bits per heavy atom. The number of hydrogen-bond acceptors (Lipinski definition) is 3. The zero-order valence-corrected chi connectivity index (χ0v) is 6.25. The van der Waals surface area contributed by atoms with Crippen molar-refractivity contribution in [1.82, 2.24) is 4.98 Å². The van der Waals surface area contributed by atoms with E-state index in [1.54, 1.807) is 12.4 Å². The second-order valence-electron chi connectivity index (χ2n) is 2.48. The second-order valence-corrected chi connectivity index (χ2v) is 2.48. The summed E-state index contributed by atoms with van der Waals surface area (Å²) >= 11 is 0. The normalized spacial score (nSPS) is 13.3. The molecule has 62 valence electrons. The molecule has 1 aromatic heterocycles. The number of rotatable bonds is 3. The molecule has 0 aliphatic rings. The van der Waals surface area contributed by atoms with Crippen LogP contribution in [0.15, 0.2) is 12.4 Å². The van der Waals surface area contributed by atoms with Crippen molar-refractivity contribution in [3.05, 3.63) is 18.0 Å². The van der Waals surface area contributed by atoms with Crippen LogP contribution in [0.2, 0.25) is 0 Å². The Balaban J connectivity index is 2.67. The molecule has 0 radical (unpaired) electrons. The molecule has 1 heterocycles.